The molecule has 0 amide bonds. The Morgan fingerprint density at radius 2 is 2.00 bits per heavy atom. The number of aryl methyl sites for hydroxylation is 1. The lowest BCUT2D eigenvalue weighted by Crippen LogP contribution is -1.91. The molecule has 6 nitrogen and oxygen atoms in total. The molecule has 2 heterocycles. The summed E-state index contributed by atoms with van der Waals surface area (Å²) in [6, 6.07) is 8.01. The number of nitrogens with two attached hydrogens (primary N) is 1. The number of hydrogen-bond donors (Lipinski definition) is 3. The molecule has 0 saturated carbocycles. The first-order chi connectivity index (χ1) is 8.77. The molecule has 1 aromatic carbocycles. The van der Waals surface area contributed by atoms with Crippen molar-refractivity contribution in [2.24, 2.45) is 0 Å². The summed E-state index contributed by atoms with van der Waals surface area (Å²) in [5.41, 5.74) is 10.5. The number of hydrogen-bond acceptors (Lipinski definition) is 4. The van der Waals surface area contributed by atoms with Gasteiger partial charge in [-0.2, -0.15) is 20.5 Å². The van der Waals surface area contributed by atoms with E-state index in [0.29, 0.717) is 11.5 Å². The minimum absolute atomic E-state index is 0.460. The zero-order valence-corrected chi connectivity index (χ0v) is 9.81. The SMILES string of the molecule is Cc1ccccc1-c1c(N)n[nH]c1-c1cn[nH]n1. The number of nitrogens with one attached hydrogen (secondary N) is 2. The van der Waals surface area contributed by atoms with Crippen LogP contribution in [0.15, 0.2) is 30.5 Å². The van der Waals surface area contributed by atoms with E-state index in [1.54, 1.807) is 6.20 Å². The first-order valence-electron chi connectivity index (χ1n) is 5.53. The lowest BCUT2D eigenvalue weighted by Gasteiger charge is -2.05. The second-order valence-corrected chi connectivity index (χ2v) is 4.03. The van der Waals surface area contributed by atoms with Crippen LogP contribution >= 0.6 is 0 Å². The number of benzene rings is 1. The third kappa shape index (κ3) is 1.55. The third-order valence-corrected chi connectivity index (χ3v) is 2.88. The topological polar surface area (TPSA) is 96.3 Å². The summed E-state index contributed by atoms with van der Waals surface area (Å²) in [5, 5.41) is 17.4. The monoisotopic (exact) mass is 240 g/mol. The molecule has 3 rings (SSSR count). The van der Waals surface area contributed by atoms with E-state index in [2.05, 4.69) is 25.6 Å². The first-order valence-corrected chi connectivity index (χ1v) is 5.53. The first kappa shape index (κ1) is 10.5. The molecule has 0 bridgehead atoms. The Morgan fingerprint density at radius 1 is 1.17 bits per heavy atom. The highest BCUT2D eigenvalue weighted by molar-refractivity contribution is 5.87. The average Bonchev–Trinajstić information content (AvgIpc) is 2.99. The van der Waals surface area contributed by atoms with Gasteiger partial charge in [-0.05, 0) is 18.1 Å². The second-order valence-electron chi connectivity index (χ2n) is 4.03. The summed E-state index contributed by atoms with van der Waals surface area (Å²) in [7, 11) is 0. The van der Waals surface area contributed by atoms with Crippen molar-refractivity contribution >= 4 is 5.82 Å². The molecule has 0 aliphatic carbocycles. The molecule has 4 N–H and O–H groups in total. The van der Waals surface area contributed by atoms with Gasteiger partial charge in [0.05, 0.1) is 17.5 Å². The Labute approximate surface area is 103 Å². The van der Waals surface area contributed by atoms with E-state index in [1.165, 1.54) is 0 Å². The maximum atomic E-state index is 5.95. The molecule has 0 unspecified atom stereocenters. The van der Waals surface area contributed by atoms with Crippen LogP contribution in [0.5, 0.6) is 0 Å². The van der Waals surface area contributed by atoms with Crippen LogP contribution in [0.3, 0.4) is 0 Å². The van der Waals surface area contributed by atoms with Gasteiger partial charge in [-0.15, -0.1) is 0 Å². The Balaban J connectivity index is 2.24. The lowest BCUT2D eigenvalue weighted by atomic mass is 9.99. The van der Waals surface area contributed by atoms with Crippen molar-refractivity contribution in [3.05, 3.63) is 36.0 Å². The van der Waals surface area contributed by atoms with Crippen LogP contribution in [0.4, 0.5) is 5.82 Å². The summed E-state index contributed by atoms with van der Waals surface area (Å²) in [6.45, 7) is 2.04. The van der Waals surface area contributed by atoms with Crippen LogP contribution in [-0.4, -0.2) is 25.6 Å². The van der Waals surface area contributed by atoms with Crippen molar-refractivity contribution in [1.29, 1.82) is 0 Å². The van der Waals surface area contributed by atoms with Crippen molar-refractivity contribution in [3.63, 3.8) is 0 Å². The van der Waals surface area contributed by atoms with E-state index >= 15 is 0 Å². The maximum absolute atomic E-state index is 5.95. The molecular weight excluding hydrogens is 228 g/mol. The van der Waals surface area contributed by atoms with Gasteiger partial charge in [-0.3, -0.25) is 5.10 Å². The number of aromatic nitrogens is 5. The van der Waals surface area contributed by atoms with Crippen LogP contribution in [0.2, 0.25) is 0 Å². The van der Waals surface area contributed by atoms with Crippen LogP contribution in [-0.2, 0) is 0 Å². The highest BCUT2D eigenvalue weighted by atomic mass is 15.3. The molecule has 3 aromatic rings. The van der Waals surface area contributed by atoms with Crippen LogP contribution in [0, 0.1) is 6.92 Å². The molecule has 2 aromatic heterocycles. The number of aromatic amines is 2. The standard InChI is InChI=1S/C12H12N6/c1-7-4-2-3-5-8(7)10-11(16-17-12(10)13)9-6-14-18-15-9/h2-6H,1H3,(H3,13,16,17)(H,14,15,18). The Hall–Kier alpha value is -2.63. The van der Waals surface area contributed by atoms with E-state index in [1.807, 2.05) is 31.2 Å². The molecule has 90 valence electrons. The van der Waals surface area contributed by atoms with Crippen LogP contribution in [0.1, 0.15) is 5.56 Å². The minimum Gasteiger partial charge on any atom is -0.382 e. The van der Waals surface area contributed by atoms with E-state index in [-0.39, 0.29) is 0 Å². The van der Waals surface area contributed by atoms with Gasteiger partial charge in [0.25, 0.3) is 0 Å². The smallest absolute Gasteiger partial charge is 0.153 e. The van der Waals surface area contributed by atoms with Crippen molar-refractivity contribution in [3.8, 4) is 22.5 Å². The largest absolute Gasteiger partial charge is 0.382 e. The number of H-pyrrole nitrogens is 2. The number of nitrogens with zero attached hydrogens (tertiary/aromatic N) is 3. The summed E-state index contributed by atoms with van der Waals surface area (Å²) < 4.78 is 0. The summed E-state index contributed by atoms with van der Waals surface area (Å²) in [5.74, 6) is 0.460. The summed E-state index contributed by atoms with van der Waals surface area (Å²) in [4.78, 5) is 0. The van der Waals surface area contributed by atoms with Crippen molar-refractivity contribution in [1.82, 2.24) is 25.6 Å². The molecule has 18 heavy (non-hydrogen) atoms. The minimum atomic E-state index is 0.460. The molecule has 0 saturated heterocycles. The normalized spacial score (nSPS) is 10.7. The van der Waals surface area contributed by atoms with E-state index < -0.39 is 0 Å². The van der Waals surface area contributed by atoms with Crippen LogP contribution in [0.25, 0.3) is 22.5 Å². The molecule has 0 atom stereocenters. The predicted molar refractivity (Wildman–Crippen MR) is 68.5 cm³/mol. The number of rotatable bonds is 2. The molecule has 0 fully saturated rings. The zero-order valence-electron chi connectivity index (χ0n) is 9.81. The van der Waals surface area contributed by atoms with Crippen molar-refractivity contribution in [2.75, 3.05) is 5.73 Å². The maximum Gasteiger partial charge on any atom is 0.153 e. The molecule has 0 radical (unpaired) electrons. The fourth-order valence-corrected chi connectivity index (χ4v) is 1.99. The second kappa shape index (κ2) is 3.99. The Kier molecular flexibility index (Phi) is 2.33. The third-order valence-electron chi connectivity index (χ3n) is 2.88. The van der Waals surface area contributed by atoms with Gasteiger partial charge in [-0.25, -0.2) is 0 Å². The quantitative estimate of drug-likeness (QED) is 0.635. The van der Waals surface area contributed by atoms with Gasteiger partial charge in [-0.1, -0.05) is 24.3 Å². The molecule has 0 aliphatic heterocycles. The van der Waals surface area contributed by atoms with Crippen molar-refractivity contribution < 1.29 is 0 Å². The van der Waals surface area contributed by atoms with Crippen LogP contribution < -0.4 is 5.73 Å². The van der Waals surface area contributed by atoms with Gasteiger partial charge in [0, 0.05) is 0 Å². The van der Waals surface area contributed by atoms with E-state index in [0.717, 1.165) is 22.4 Å². The van der Waals surface area contributed by atoms with Gasteiger partial charge in [0.2, 0.25) is 0 Å². The summed E-state index contributed by atoms with van der Waals surface area (Å²) in [6.07, 6.45) is 1.63. The lowest BCUT2D eigenvalue weighted by molar-refractivity contribution is 0.940. The number of anilines is 1. The van der Waals surface area contributed by atoms with E-state index in [9.17, 15) is 0 Å². The van der Waals surface area contributed by atoms with Gasteiger partial charge >= 0.3 is 0 Å². The van der Waals surface area contributed by atoms with Gasteiger partial charge < -0.3 is 5.73 Å². The molecule has 0 spiro atoms. The predicted octanol–water partition coefficient (Wildman–Crippen LogP) is 1.75. The Morgan fingerprint density at radius 3 is 2.72 bits per heavy atom. The summed E-state index contributed by atoms with van der Waals surface area (Å²) >= 11 is 0. The molecule has 6 heteroatoms. The fourth-order valence-electron chi connectivity index (χ4n) is 1.99. The van der Waals surface area contributed by atoms with Gasteiger partial charge in [0.1, 0.15) is 5.69 Å². The average molecular weight is 240 g/mol. The highest BCUT2D eigenvalue weighted by Gasteiger charge is 2.17. The highest BCUT2D eigenvalue weighted by Crippen LogP contribution is 2.34. The number of nitrogen functional groups attached to an aromatic ring is 1. The fraction of sp³-hybridized carbons (Fsp3) is 0.0833. The van der Waals surface area contributed by atoms with Crippen molar-refractivity contribution in [2.45, 2.75) is 6.92 Å². The van der Waals surface area contributed by atoms with E-state index in [4.69, 9.17) is 5.73 Å². The van der Waals surface area contributed by atoms with Gasteiger partial charge in [0.15, 0.2) is 5.82 Å². The molecular formula is C12H12N6. The Bertz CT molecular complexity index is 668. The zero-order chi connectivity index (χ0) is 12.5. The molecule has 0 aliphatic rings.